The zero-order valence-electron chi connectivity index (χ0n) is 8.93. The number of pyridine rings is 1. The Morgan fingerprint density at radius 3 is 2.69 bits per heavy atom. The molecule has 1 aliphatic heterocycles. The topological polar surface area (TPSA) is 25.2 Å². The van der Waals surface area contributed by atoms with E-state index in [1.807, 2.05) is 30.7 Å². The van der Waals surface area contributed by atoms with Crippen LogP contribution in [-0.2, 0) is 6.42 Å². The van der Waals surface area contributed by atoms with Gasteiger partial charge < -0.3 is 0 Å². The van der Waals surface area contributed by atoms with Crippen LogP contribution < -0.4 is 0 Å². The Morgan fingerprint density at radius 2 is 1.81 bits per heavy atom. The summed E-state index contributed by atoms with van der Waals surface area (Å²) in [5.74, 6) is 0. The van der Waals surface area contributed by atoms with E-state index in [0.29, 0.717) is 0 Å². The molecule has 0 fully saturated rings. The normalized spacial score (nSPS) is 13.5. The molecule has 1 aromatic heterocycles. The lowest BCUT2D eigenvalue weighted by Gasteiger charge is -2.11. The summed E-state index contributed by atoms with van der Waals surface area (Å²) in [6, 6.07) is 10.6. The smallest absolute Gasteiger partial charge is 0.0430 e. The van der Waals surface area contributed by atoms with Crippen molar-refractivity contribution in [1.29, 1.82) is 0 Å². The van der Waals surface area contributed by atoms with E-state index in [1.165, 1.54) is 22.3 Å². The van der Waals surface area contributed by atoms with Crippen LogP contribution >= 0.6 is 0 Å². The fourth-order valence-corrected chi connectivity index (χ4v) is 2.02. The van der Waals surface area contributed by atoms with E-state index in [2.05, 4.69) is 28.2 Å². The minimum atomic E-state index is 0.910. The molecule has 1 aromatic carbocycles. The minimum Gasteiger partial charge on any atom is -0.292 e. The maximum absolute atomic E-state index is 4.29. The Balaban J connectivity index is 2.07. The van der Waals surface area contributed by atoms with Crippen LogP contribution in [0.4, 0.5) is 0 Å². The van der Waals surface area contributed by atoms with Gasteiger partial charge in [0.2, 0.25) is 0 Å². The molecule has 0 unspecified atom stereocenters. The number of aromatic nitrogens is 1. The predicted octanol–water partition coefficient (Wildman–Crippen LogP) is 2.72. The summed E-state index contributed by atoms with van der Waals surface area (Å²) in [4.78, 5) is 8.32. The van der Waals surface area contributed by atoms with Crippen molar-refractivity contribution < 1.29 is 0 Å². The highest BCUT2D eigenvalue weighted by Crippen LogP contribution is 2.22. The number of fused-ring (bicyclic) bond motifs is 1. The summed E-state index contributed by atoms with van der Waals surface area (Å²) in [7, 11) is 0. The van der Waals surface area contributed by atoms with Gasteiger partial charge >= 0.3 is 0 Å². The predicted molar refractivity (Wildman–Crippen MR) is 65.8 cm³/mol. The average molecular weight is 208 g/mol. The molecule has 2 aromatic rings. The van der Waals surface area contributed by atoms with Gasteiger partial charge in [-0.25, -0.2) is 0 Å². The molecule has 0 radical (unpaired) electrons. The highest BCUT2D eigenvalue weighted by Gasteiger charge is 2.06. The molecule has 0 bridgehead atoms. The van der Waals surface area contributed by atoms with Gasteiger partial charge in [0.1, 0.15) is 0 Å². The third-order valence-electron chi connectivity index (χ3n) is 2.90. The molecule has 78 valence electrons. The molecule has 0 N–H and O–H groups in total. The lowest BCUT2D eigenvalue weighted by atomic mass is 9.97. The van der Waals surface area contributed by atoms with Crippen LogP contribution in [-0.4, -0.2) is 17.7 Å². The van der Waals surface area contributed by atoms with Crippen molar-refractivity contribution >= 4 is 6.21 Å². The van der Waals surface area contributed by atoms with Gasteiger partial charge in [0.25, 0.3) is 0 Å². The van der Waals surface area contributed by atoms with Crippen molar-refractivity contribution in [2.75, 3.05) is 6.54 Å². The summed E-state index contributed by atoms with van der Waals surface area (Å²) in [5, 5.41) is 0. The molecule has 0 aliphatic carbocycles. The Hall–Kier alpha value is -1.96. The van der Waals surface area contributed by atoms with Crippen LogP contribution in [0.25, 0.3) is 11.1 Å². The first-order valence-corrected chi connectivity index (χ1v) is 5.47. The second-order valence-corrected chi connectivity index (χ2v) is 3.93. The number of hydrogen-bond donors (Lipinski definition) is 0. The highest BCUT2D eigenvalue weighted by molar-refractivity contribution is 5.84. The molecule has 0 atom stereocenters. The third-order valence-corrected chi connectivity index (χ3v) is 2.90. The molecular weight excluding hydrogens is 196 g/mol. The third kappa shape index (κ3) is 1.63. The minimum absolute atomic E-state index is 0.910. The van der Waals surface area contributed by atoms with E-state index >= 15 is 0 Å². The lowest BCUT2D eigenvalue weighted by Crippen LogP contribution is -2.02. The Labute approximate surface area is 94.7 Å². The molecule has 16 heavy (non-hydrogen) atoms. The summed E-state index contributed by atoms with van der Waals surface area (Å²) >= 11 is 0. The second kappa shape index (κ2) is 3.89. The van der Waals surface area contributed by atoms with Crippen LogP contribution in [0.5, 0.6) is 0 Å². The molecule has 0 saturated carbocycles. The van der Waals surface area contributed by atoms with Gasteiger partial charge in [-0.2, -0.15) is 0 Å². The highest BCUT2D eigenvalue weighted by atomic mass is 14.7. The summed E-state index contributed by atoms with van der Waals surface area (Å²) < 4.78 is 0. The summed E-state index contributed by atoms with van der Waals surface area (Å²) in [6.07, 6.45) is 6.67. The molecule has 3 rings (SSSR count). The molecule has 0 saturated heterocycles. The van der Waals surface area contributed by atoms with Gasteiger partial charge in [-0.15, -0.1) is 0 Å². The van der Waals surface area contributed by atoms with Gasteiger partial charge in [0.15, 0.2) is 0 Å². The zero-order valence-corrected chi connectivity index (χ0v) is 8.93. The van der Waals surface area contributed by atoms with E-state index in [1.54, 1.807) is 0 Å². The molecular formula is C14H12N2. The van der Waals surface area contributed by atoms with Gasteiger partial charge in [-0.1, -0.05) is 18.2 Å². The quantitative estimate of drug-likeness (QED) is 0.707. The number of rotatable bonds is 1. The van der Waals surface area contributed by atoms with Gasteiger partial charge in [-0.05, 0) is 40.8 Å². The van der Waals surface area contributed by atoms with Crippen LogP contribution in [0.3, 0.4) is 0 Å². The molecule has 0 amide bonds. The Kier molecular flexibility index (Phi) is 2.26. The summed E-state index contributed by atoms with van der Waals surface area (Å²) in [6.45, 7) is 0.910. The van der Waals surface area contributed by atoms with E-state index < -0.39 is 0 Å². The number of hydrogen-bond acceptors (Lipinski definition) is 2. The summed E-state index contributed by atoms with van der Waals surface area (Å²) in [5.41, 5.74) is 5.13. The Bertz CT molecular complexity index is 530. The van der Waals surface area contributed by atoms with Gasteiger partial charge in [0.05, 0.1) is 0 Å². The Morgan fingerprint density at radius 1 is 0.938 bits per heavy atom. The maximum atomic E-state index is 4.29. The molecule has 2 heteroatoms. The second-order valence-electron chi connectivity index (χ2n) is 3.93. The average Bonchev–Trinajstić information content (AvgIpc) is 2.39. The SMILES string of the molecule is C1=NCCc2cc(-c3ccncc3)ccc21. The monoisotopic (exact) mass is 208 g/mol. The fraction of sp³-hybridized carbons (Fsp3) is 0.143. The van der Waals surface area contributed by atoms with Crippen molar-refractivity contribution in [2.24, 2.45) is 4.99 Å². The van der Waals surface area contributed by atoms with Crippen molar-refractivity contribution in [3.8, 4) is 11.1 Å². The van der Waals surface area contributed by atoms with E-state index in [4.69, 9.17) is 0 Å². The van der Waals surface area contributed by atoms with E-state index in [-0.39, 0.29) is 0 Å². The largest absolute Gasteiger partial charge is 0.292 e. The van der Waals surface area contributed by atoms with Crippen molar-refractivity contribution in [1.82, 2.24) is 4.98 Å². The standard InChI is InChI=1S/C14H12N2/c1-2-14-10-16-8-5-13(14)9-12(1)11-3-6-15-7-4-11/h1-4,6-7,9-10H,5,8H2. The molecule has 0 spiro atoms. The number of nitrogens with zero attached hydrogens (tertiary/aromatic N) is 2. The van der Waals surface area contributed by atoms with E-state index in [9.17, 15) is 0 Å². The van der Waals surface area contributed by atoms with Crippen molar-refractivity contribution in [3.63, 3.8) is 0 Å². The van der Waals surface area contributed by atoms with Crippen LogP contribution in [0.1, 0.15) is 11.1 Å². The van der Waals surface area contributed by atoms with Crippen LogP contribution in [0, 0.1) is 0 Å². The fourth-order valence-electron chi connectivity index (χ4n) is 2.02. The first-order valence-electron chi connectivity index (χ1n) is 5.47. The first-order chi connectivity index (χ1) is 7.93. The van der Waals surface area contributed by atoms with Crippen LogP contribution in [0.15, 0.2) is 47.7 Å². The lowest BCUT2D eigenvalue weighted by molar-refractivity contribution is 0.953. The van der Waals surface area contributed by atoms with Gasteiger partial charge in [-0.3, -0.25) is 9.98 Å². The van der Waals surface area contributed by atoms with E-state index in [0.717, 1.165) is 13.0 Å². The molecule has 2 nitrogen and oxygen atoms in total. The number of aliphatic imine (C=N–C) groups is 1. The number of benzene rings is 1. The maximum Gasteiger partial charge on any atom is 0.0430 e. The van der Waals surface area contributed by atoms with Crippen molar-refractivity contribution in [3.05, 3.63) is 53.9 Å². The zero-order chi connectivity index (χ0) is 10.8. The van der Waals surface area contributed by atoms with Crippen LogP contribution in [0.2, 0.25) is 0 Å². The van der Waals surface area contributed by atoms with Gasteiger partial charge in [0, 0.05) is 25.2 Å². The molecule has 2 heterocycles. The molecule has 1 aliphatic rings. The first kappa shape index (κ1) is 9.28. The van der Waals surface area contributed by atoms with Crippen molar-refractivity contribution in [2.45, 2.75) is 6.42 Å².